The van der Waals surface area contributed by atoms with Gasteiger partial charge in [-0.15, -0.1) is 0 Å². The molecule has 0 unspecified atom stereocenters. The molecule has 0 atom stereocenters. The summed E-state index contributed by atoms with van der Waals surface area (Å²) in [5.74, 6) is -1.34. The minimum absolute atomic E-state index is 0.0959. The zero-order valence-corrected chi connectivity index (χ0v) is 10.4. The van der Waals surface area contributed by atoms with Crippen LogP contribution in [0.5, 0.6) is 0 Å². The molecule has 1 fully saturated rings. The lowest BCUT2D eigenvalue weighted by Crippen LogP contribution is -2.29. The van der Waals surface area contributed by atoms with Gasteiger partial charge in [0.15, 0.2) is 0 Å². The van der Waals surface area contributed by atoms with Crippen molar-refractivity contribution in [1.82, 2.24) is 10.6 Å². The third-order valence-electron chi connectivity index (χ3n) is 2.87. The molecule has 0 heterocycles. The molecule has 1 aliphatic rings. The van der Waals surface area contributed by atoms with Gasteiger partial charge in [-0.2, -0.15) is 0 Å². The molecule has 0 aromatic rings. The van der Waals surface area contributed by atoms with Crippen molar-refractivity contribution in [3.05, 3.63) is 11.1 Å². The van der Waals surface area contributed by atoms with Crippen molar-refractivity contribution in [2.45, 2.75) is 39.2 Å². The van der Waals surface area contributed by atoms with Gasteiger partial charge in [0.2, 0.25) is 5.91 Å². The highest BCUT2D eigenvalue weighted by atomic mass is 16.4. The Morgan fingerprint density at radius 2 is 1.82 bits per heavy atom. The monoisotopic (exact) mass is 240 g/mol. The molecule has 0 bridgehead atoms. The van der Waals surface area contributed by atoms with Crippen LogP contribution in [0.15, 0.2) is 11.1 Å². The highest BCUT2D eigenvalue weighted by molar-refractivity contribution is 6.01. The van der Waals surface area contributed by atoms with E-state index in [1.165, 1.54) is 26.7 Å². The average molecular weight is 240 g/mol. The maximum absolute atomic E-state index is 11.5. The molecular formula is C12H20N2O3. The number of hydrogen-bond donors (Lipinski definition) is 3. The molecule has 0 saturated heterocycles. The Labute approximate surface area is 101 Å². The number of rotatable bonds is 7. The van der Waals surface area contributed by atoms with Crippen molar-refractivity contribution < 1.29 is 14.7 Å². The van der Waals surface area contributed by atoms with Gasteiger partial charge in [0.25, 0.3) is 0 Å². The van der Waals surface area contributed by atoms with E-state index in [9.17, 15) is 9.59 Å². The summed E-state index contributed by atoms with van der Waals surface area (Å²) in [5.41, 5.74) is 0.367. The predicted octanol–water partition coefficient (Wildman–Crippen LogP) is 0.666. The summed E-state index contributed by atoms with van der Waals surface area (Å²) in [5, 5.41) is 14.8. The predicted molar refractivity (Wildman–Crippen MR) is 64.7 cm³/mol. The molecule has 17 heavy (non-hydrogen) atoms. The second-order valence-corrected chi connectivity index (χ2v) is 4.39. The molecule has 5 nitrogen and oxygen atoms in total. The summed E-state index contributed by atoms with van der Waals surface area (Å²) in [4.78, 5) is 22.2. The van der Waals surface area contributed by atoms with Crippen LogP contribution in [-0.4, -0.2) is 36.1 Å². The van der Waals surface area contributed by atoms with Crippen LogP contribution < -0.4 is 10.6 Å². The van der Waals surface area contributed by atoms with Crippen LogP contribution in [0, 0.1) is 0 Å². The van der Waals surface area contributed by atoms with E-state index in [2.05, 4.69) is 10.6 Å². The zero-order valence-electron chi connectivity index (χ0n) is 10.4. The van der Waals surface area contributed by atoms with Gasteiger partial charge < -0.3 is 15.7 Å². The third kappa shape index (κ3) is 4.99. The van der Waals surface area contributed by atoms with Crippen molar-refractivity contribution >= 4 is 11.9 Å². The number of hydrogen-bond acceptors (Lipinski definition) is 3. The first-order chi connectivity index (χ1) is 8.02. The highest BCUT2D eigenvalue weighted by Crippen LogP contribution is 2.18. The number of amides is 1. The van der Waals surface area contributed by atoms with Gasteiger partial charge in [0, 0.05) is 23.7 Å². The Kier molecular flexibility index (Phi) is 5.15. The van der Waals surface area contributed by atoms with Crippen LogP contribution in [0.3, 0.4) is 0 Å². The maximum Gasteiger partial charge on any atom is 0.331 e. The van der Waals surface area contributed by atoms with Crippen LogP contribution in [0.1, 0.15) is 33.1 Å². The molecule has 0 radical (unpaired) electrons. The van der Waals surface area contributed by atoms with E-state index in [4.69, 9.17) is 5.11 Å². The van der Waals surface area contributed by atoms with E-state index in [0.29, 0.717) is 12.6 Å². The number of carboxylic acids is 1. The van der Waals surface area contributed by atoms with Crippen molar-refractivity contribution in [2.24, 2.45) is 0 Å². The number of aliphatic carboxylic acids is 1. The van der Waals surface area contributed by atoms with E-state index in [1.807, 2.05) is 0 Å². The molecule has 3 N–H and O–H groups in total. The Morgan fingerprint density at radius 1 is 1.18 bits per heavy atom. The van der Waals surface area contributed by atoms with Gasteiger partial charge in [0.05, 0.1) is 0 Å². The van der Waals surface area contributed by atoms with Crippen molar-refractivity contribution in [1.29, 1.82) is 0 Å². The van der Waals surface area contributed by atoms with Gasteiger partial charge >= 0.3 is 5.97 Å². The first kappa shape index (κ1) is 13.7. The minimum Gasteiger partial charge on any atom is -0.478 e. The standard InChI is InChI=1S/C12H20N2O3/c1-8(9(2)12(16)17)11(15)14-7-3-6-13-10-4-5-10/h10,13H,3-7H2,1-2H3,(H,14,15)(H,16,17)/b9-8-. The lowest BCUT2D eigenvalue weighted by Gasteiger charge is -2.07. The summed E-state index contributed by atoms with van der Waals surface area (Å²) in [6.45, 7) is 4.43. The lowest BCUT2D eigenvalue weighted by atomic mass is 10.1. The first-order valence-electron chi connectivity index (χ1n) is 5.94. The van der Waals surface area contributed by atoms with E-state index >= 15 is 0 Å². The number of carbonyl (C=O) groups excluding carboxylic acids is 1. The summed E-state index contributed by atoms with van der Waals surface area (Å²) >= 11 is 0. The number of nitrogens with one attached hydrogen (secondary N) is 2. The second kappa shape index (κ2) is 6.39. The fraction of sp³-hybridized carbons (Fsp3) is 0.667. The topological polar surface area (TPSA) is 78.4 Å². The molecule has 1 amide bonds. The summed E-state index contributed by atoms with van der Waals surface area (Å²) in [6.07, 6.45) is 3.37. The summed E-state index contributed by atoms with van der Waals surface area (Å²) in [7, 11) is 0. The number of carbonyl (C=O) groups is 2. The van der Waals surface area contributed by atoms with Gasteiger partial charge in [-0.05, 0) is 39.7 Å². The molecule has 1 aliphatic carbocycles. The largest absolute Gasteiger partial charge is 0.478 e. The van der Waals surface area contributed by atoms with Crippen LogP contribution in [0.2, 0.25) is 0 Å². The van der Waals surface area contributed by atoms with Crippen LogP contribution >= 0.6 is 0 Å². The van der Waals surface area contributed by atoms with Gasteiger partial charge in [-0.25, -0.2) is 4.79 Å². The normalized spacial score (nSPS) is 16.4. The Morgan fingerprint density at radius 3 is 2.35 bits per heavy atom. The fourth-order valence-electron chi connectivity index (χ4n) is 1.35. The molecule has 0 aliphatic heterocycles. The Balaban J connectivity index is 2.18. The Bertz CT molecular complexity index is 333. The van der Waals surface area contributed by atoms with Crippen LogP contribution in [0.4, 0.5) is 0 Å². The molecule has 1 saturated carbocycles. The zero-order chi connectivity index (χ0) is 12.8. The molecule has 5 heteroatoms. The lowest BCUT2D eigenvalue weighted by molar-refractivity contribution is -0.133. The van der Waals surface area contributed by atoms with Crippen LogP contribution in [-0.2, 0) is 9.59 Å². The molecule has 96 valence electrons. The van der Waals surface area contributed by atoms with E-state index in [0.717, 1.165) is 13.0 Å². The quantitative estimate of drug-likeness (QED) is 0.451. The van der Waals surface area contributed by atoms with E-state index in [1.54, 1.807) is 0 Å². The number of carboxylic acid groups (broad SMARTS) is 1. The molecular weight excluding hydrogens is 220 g/mol. The summed E-state index contributed by atoms with van der Waals surface area (Å²) in [6, 6.07) is 0.682. The molecule has 0 aromatic carbocycles. The van der Waals surface area contributed by atoms with Gasteiger partial charge in [0.1, 0.15) is 0 Å². The van der Waals surface area contributed by atoms with Crippen molar-refractivity contribution in [3.8, 4) is 0 Å². The first-order valence-corrected chi connectivity index (χ1v) is 5.94. The van der Waals surface area contributed by atoms with E-state index < -0.39 is 5.97 Å². The third-order valence-corrected chi connectivity index (χ3v) is 2.87. The second-order valence-electron chi connectivity index (χ2n) is 4.39. The Hall–Kier alpha value is -1.36. The fourth-order valence-corrected chi connectivity index (χ4v) is 1.35. The van der Waals surface area contributed by atoms with Gasteiger partial charge in [-0.3, -0.25) is 4.79 Å². The molecule has 0 aromatic heterocycles. The van der Waals surface area contributed by atoms with Crippen molar-refractivity contribution in [3.63, 3.8) is 0 Å². The van der Waals surface area contributed by atoms with E-state index in [-0.39, 0.29) is 17.1 Å². The molecule has 1 rings (SSSR count). The molecule has 0 spiro atoms. The minimum atomic E-state index is -1.05. The maximum atomic E-state index is 11.5. The SMILES string of the molecule is C/C(C(=O)O)=C(\C)C(=O)NCCCNC1CC1. The smallest absolute Gasteiger partial charge is 0.331 e. The summed E-state index contributed by atoms with van der Waals surface area (Å²) < 4.78 is 0. The van der Waals surface area contributed by atoms with Crippen molar-refractivity contribution in [2.75, 3.05) is 13.1 Å². The van der Waals surface area contributed by atoms with Crippen LogP contribution in [0.25, 0.3) is 0 Å². The highest BCUT2D eigenvalue weighted by Gasteiger charge is 2.19. The van der Waals surface area contributed by atoms with Gasteiger partial charge in [-0.1, -0.05) is 0 Å². The average Bonchev–Trinajstić information content (AvgIpc) is 3.10.